The minimum atomic E-state index is -1.20. The highest BCUT2D eigenvalue weighted by molar-refractivity contribution is 6.03. The fourth-order valence-electron chi connectivity index (χ4n) is 1.35. The molecule has 0 atom stereocenters. The van der Waals surface area contributed by atoms with Gasteiger partial charge in [0.05, 0.1) is 12.2 Å². The number of rotatable bonds is 6. The van der Waals surface area contributed by atoms with Gasteiger partial charge in [-0.05, 0) is 11.6 Å². The van der Waals surface area contributed by atoms with Crippen LogP contribution < -0.4 is 5.32 Å². The van der Waals surface area contributed by atoms with Gasteiger partial charge in [-0.3, -0.25) is 4.79 Å². The lowest BCUT2D eigenvalue weighted by atomic mass is 10.1. The van der Waals surface area contributed by atoms with E-state index in [9.17, 15) is 9.59 Å². The number of ether oxygens (including phenoxy) is 1. The van der Waals surface area contributed by atoms with Gasteiger partial charge in [0.25, 0.3) is 5.91 Å². The number of nitrogens with one attached hydrogen (secondary N) is 1. The summed E-state index contributed by atoms with van der Waals surface area (Å²) in [4.78, 5) is 26.6. The second-order valence-corrected chi connectivity index (χ2v) is 3.48. The molecule has 1 rings (SSSR count). The van der Waals surface area contributed by atoms with Gasteiger partial charge in [0, 0.05) is 19.9 Å². The first-order valence-electron chi connectivity index (χ1n) is 5.20. The summed E-state index contributed by atoms with van der Waals surface area (Å²) in [5.41, 5.74) is 0.325. The molecule has 1 heterocycles. The first-order valence-corrected chi connectivity index (χ1v) is 5.20. The maximum Gasteiger partial charge on any atom is 0.338 e. The molecule has 0 saturated carbocycles. The van der Waals surface area contributed by atoms with Crippen molar-refractivity contribution in [2.24, 2.45) is 0 Å². The molecule has 96 valence electrons. The van der Waals surface area contributed by atoms with Crippen molar-refractivity contribution in [1.82, 2.24) is 10.3 Å². The molecule has 0 spiro atoms. The number of carboxylic acids is 1. The van der Waals surface area contributed by atoms with Crippen molar-refractivity contribution in [2.45, 2.75) is 6.61 Å². The van der Waals surface area contributed by atoms with Crippen LogP contribution in [-0.4, -0.2) is 35.6 Å². The normalized spacial score (nSPS) is 9.83. The zero-order chi connectivity index (χ0) is 13.5. The fourth-order valence-corrected chi connectivity index (χ4v) is 1.35. The molecule has 0 aromatic carbocycles. The monoisotopic (exact) mass is 250 g/mol. The molecular formula is C12H14N2O4. The number of pyridine rings is 1. The number of hydrogen-bond donors (Lipinski definition) is 2. The van der Waals surface area contributed by atoms with Gasteiger partial charge in [-0.1, -0.05) is 6.08 Å². The van der Waals surface area contributed by atoms with E-state index in [0.717, 1.165) is 0 Å². The smallest absolute Gasteiger partial charge is 0.338 e. The van der Waals surface area contributed by atoms with E-state index in [-0.39, 0.29) is 24.4 Å². The second kappa shape index (κ2) is 6.51. The number of carbonyl (C=O) groups is 2. The van der Waals surface area contributed by atoms with Gasteiger partial charge in [0.2, 0.25) is 0 Å². The Morgan fingerprint density at radius 3 is 2.89 bits per heavy atom. The summed E-state index contributed by atoms with van der Waals surface area (Å²) >= 11 is 0. The van der Waals surface area contributed by atoms with Crippen LogP contribution >= 0.6 is 0 Å². The van der Waals surface area contributed by atoms with Crippen LogP contribution in [-0.2, 0) is 11.3 Å². The Morgan fingerprint density at radius 1 is 1.61 bits per heavy atom. The van der Waals surface area contributed by atoms with Crippen molar-refractivity contribution < 1.29 is 19.4 Å². The van der Waals surface area contributed by atoms with E-state index in [1.54, 1.807) is 0 Å². The standard InChI is InChI=1S/C12H14N2O4/c1-3-4-13-11(15)10-9(12(16)17)5-8(6-14-10)7-18-2/h3,5-6H,1,4,7H2,2H3,(H,13,15)(H,16,17). The lowest BCUT2D eigenvalue weighted by Gasteiger charge is -2.07. The highest BCUT2D eigenvalue weighted by Gasteiger charge is 2.18. The van der Waals surface area contributed by atoms with E-state index >= 15 is 0 Å². The molecule has 0 unspecified atom stereocenters. The third-order valence-electron chi connectivity index (χ3n) is 2.11. The van der Waals surface area contributed by atoms with Crippen molar-refractivity contribution in [1.29, 1.82) is 0 Å². The second-order valence-electron chi connectivity index (χ2n) is 3.48. The number of carbonyl (C=O) groups excluding carboxylic acids is 1. The Hall–Kier alpha value is -2.21. The third kappa shape index (κ3) is 3.39. The van der Waals surface area contributed by atoms with Gasteiger partial charge in [0.15, 0.2) is 0 Å². The van der Waals surface area contributed by atoms with Crippen molar-refractivity contribution in [3.05, 3.63) is 41.7 Å². The average molecular weight is 250 g/mol. The minimum absolute atomic E-state index is 0.121. The topological polar surface area (TPSA) is 88.5 Å². The highest BCUT2D eigenvalue weighted by atomic mass is 16.5. The van der Waals surface area contributed by atoms with Gasteiger partial charge >= 0.3 is 5.97 Å². The zero-order valence-corrected chi connectivity index (χ0v) is 9.97. The maximum absolute atomic E-state index is 11.7. The van der Waals surface area contributed by atoms with E-state index in [0.29, 0.717) is 5.56 Å². The van der Waals surface area contributed by atoms with Crippen LogP contribution in [0.2, 0.25) is 0 Å². The Kier molecular flexibility index (Phi) is 5.01. The lowest BCUT2D eigenvalue weighted by molar-refractivity contribution is 0.0689. The van der Waals surface area contributed by atoms with Crippen molar-refractivity contribution in [3.8, 4) is 0 Å². The zero-order valence-electron chi connectivity index (χ0n) is 9.97. The predicted molar refractivity (Wildman–Crippen MR) is 64.4 cm³/mol. The van der Waals surface area contributed by atoms with Gasteiger partial charge in [-0.2, -0.15) is 0 Å². The molecule has 0 saturated heterocycles. The quantitative estimate of drug-likeness (QED) is 0.730. The lowest BCUT2D eigenvalue weighted by Crippen LogP contribution is -2.26. The molecule has 0 aliphatic carbocycles. The highest BCUT2D eigenvalue weighted by Crippen LogP contribution is 2.10. The van der Waals surface area contributed by atoms with Crippen LogP contribution in [0.3, 0.4) is 0 Å². The van der Waals surface area contributed by atoms with E-state index < -0.39 is 11.9 Å². The summed E-state index contributed by atoms with van der Waals surface area (Å²) in [7, 11) is 1.49. The summed E-state index contributed by atoms with van der Waals surface area (Å²) in [5, 5.41) is 11.5. The fraction of sp³-hybridized carbons (Fsp3) is 0.250. The van der Waals surface area contributed by atoms with E-state index in [2.05, 4.69) is 16.9 Å². The van der Waals surface area contributed by atoms with Crippen LogP contribution in [0.5, 0.6) is 0 Å². The summed E-state index contributed by atoms with van der Waals surface area (Å²) in [6.07, 6.45) is 2.91. The third-order valence-corrected chi connectivity index (χ3v) is 2.11. The molecule has 6 nitrogen and oxygen atoms in total. The molecule has 0 fully saturated rings. The molecule has 1 amide bonds. The Balaban J connectivity index is 3.06. The summed E-state index contributed by atoms with van der Waals surface area (Å²) in [6, 6.07) is 1.38. The molecule has 1 aromatic rings. The Bertz CT molecular complexity index is 471. The Morgan fingerprint density at radius 2 is 2.33 bits per heavy atom. The first-order chi connectivity index (χ1) is 8.60. The van der Waals surface area contributed by atoms with Crippen LogP contribution in [0, 0.1) is 0 Å². The molecular weight excluding hydrogens is 236 g/mol. The van der Waals surface area contributed by atoms with Crippen molar-refractivity contribution >= 4 is 11.9 Å². The molecule has 0 aliphatic heterocycles. The molecule has 6 heteroatoms. The largest absolute Gasteiger partial charge is 0.478 e. The molecule has 2 N–H and O–H groups in total. The van der Waals surface area contributed by atoms with Crippen LogP contribution in [0.25, 0.3) is 0 Å². The molecule has 0 aliphatic rings. The van der Waals surface area contributed by atoms with Crippen LogP contribution in [0.1, 0.15) is 26.4 Å². The molecule has 18 heavy (non-hydrogen) atoms. The molecule has 0 bridgehead atoms. The summed E-state index contributed by atoms with van der Waals surface area (Å²) in [5.74, 6) is -1.75. The first kappa shape index (κ1) is 13.9. The van der Waals surface area contributed by atoms with E-state index in [4.69, 9.17) is 9.84 Å². The summed E-state index contributed by atoms with van der Waals surface area (Å²) in [6.45, 7) is 3.94. The van der Waals surface area contributed by atoms with Gasteiger partial charge < -0.3 is 15.2 Å². The van der Waals surface area contributed by atoms with Gasteiger partial charge in [-0.15, -0.1) is 6.58 Å². The van der Waals surface area contributed by atoms with Crippen LogP contribution in [0.4, 0.5) is 0 Å². The number of aromatic nitrogens is 1. The molecule has 0 radical (unpaired) electrons. The maximum atomic E-state index is 11.7. The van der Waals surface area contributed by atoms with Crippen molar-refractivity contribution in [2.75, 3.05) is 13.7 Å². The number of methoxy groups -OCH3 is 1. The minimum Gasteiger partial charge on any atom is -0.478 e. The predicted octanol–water partition coefficient (Wildman–Crippen LogP) is 0.842. The summed E-state index contributed by atoms with van der Waals surface area (Å²) < 4.78 is 4.88. The number of carboxylic acid groups (broad SMARTS) is 1. The van der Waals surface area contributed by atoms with Crippen molar-refractivity contribution in [3.63, 3.8) is 0 Å². The van der Waals surface area contributed by atoms with Gasteiger partial charge in [-0.25, -0.2) is 9.78 Å². The number of amides is 1. The molecule has 1 aromatic heterocycles. The van der Waals surface area contributed by atoms with Crippen LogP contribution in [0.15, 0.2) is 24.9 Å². The van der Waals surface area contributed by atoms with E-state index in [1.165, 1.54) is 25.4 Å². The van der Waals surface area contributed by atoms with Gasteiger partial charge in [0.1, 0.15) is 5.69 Å². The number of nitrogens with zero attached hydrogens (tertiary/aromatic N) is 1. The number of aromatic carboxylic acids is 1. The Labute approximate surface area is 104 Å². The SMILES string of the molecule is C=CCNC(=O)c1ncc(COC)cc1C(=O)O. The average Bonchev–Trinajstić information content (AvgIpc) is 2.36. The number of hydrogen-bond acceptors (Lipinski definition) is 4. The van der Waals surface area contributed by atoms with E-state index in [1.807, 2.05) is 0 Å².